The molecule has 5 heteroatoms. The van der Waals surface area contributed by atoms with Crippen LogP contribution in [-0.2, 0) is 14.3 Å². The van der Waals surface area contributed by atoms with Crippen molar-refractivity contribution < 1.29 is 24.5 Å². The second-order valence-electron chi connectivity index (χ2n) is 6.66. The highest BCUT2D eigenvalue weighted by Gasteiger charge is 2.38. The molecule has 0 bridgehead atoms. The maximum absolute atomic E-state index is 12.1. The second kappa shape index (κ2) is 12.6. The zero-order chi connectivity index (χ0) is 19.4. The third-order valence-electron chi connectivity index (χ3n) is 4.60. The van der Waals surface area contributed by atoms with Crippen LogP contribution in [0.3, 0.4) is 0 Å². The quantitative estimate of drug-likeness (QED) is 0.334. The summed E-state index contributed by atoms with van der Waals surface area (Å²) in [5.41, 5.74) is 0. The van der Waals surface area contributed by atoms with Gasteiger partial charge in [-0.25, -0.2) is 0 Å². The predicted octanol–water partition coefficient (Wildman–Crippen LogP) is 3.12. The fourth-order valence-corrected chi connectivity index (χ4v) is 3.10. The van der Waals surface area contributed by atoms with Gasteiger partial charge in [-0.1, -0.05) is 43.4 Å². The van der Waals surface area contributed by atoms with E-state index in [1.807, 2.05) is 37.3 Å². The van der Waals surface area contributed by atoms with E-state index in [0.717, 1.165) is 19.3 Å². The van der Waals surface area contributed by atoms with Crippen molar-refractivity contribution in [3.63, 3.8) is 0 Å². The minimum absolute atomic E-state index is 0.0813. The summed E-state index contributed by atoms with van der Waals surface area (Å²) in [6, 6.07) is 0. The van der Waals surface area contributed by atoms with Crippen LogP contribution < -0.4 is 0 Å². The molecule has 0 spiro atoms. The van der Waals surface area contributed by atoms with Crippen LogP contribution >= 0.6 is 0 Å². The number of allylic oxidation sites excluding steroid dienone is 3. The van der Waals surface area contributed by atoms with E-state index >= 15 is 0 Å². The number of aliphatic hydroxyl groups excluding tert-OH is 2. The Morgan fingerprint density at radius 3 is 2.77 bits per heavy atom. The van der Waals surface area contributed by atoms with Crippen molar-refractivity contribution in [2.45, 2.75) is 64.1 Å². The van der Waals surface area contributed by atoms with Gasteiger partial charge in [-0.15, -0.1) is 0 Å². The molecule has 0 aromatic carbocycles. The van der Waals surface area contributed by atoms with Crippen molar-refractivity contribution in [1.29, 1.82) is 0 Å². The van der Waals surface area contributed by atoms with E-state index in [1.165, 1.54) is 7.11 Å². The van der Waals surface area contributed by atoms with Crippen molar-refractivity contribution >= 4 is 11.8 Å². The maximum Gasteiger partial charge on any atom is 0.305 e. The molecule has 1 aliphatic rings. The molecular weight excluding hydrogens is 332 g/mol. The minimum atomic E-state index is -0.653. The molecule has 146 valence electrons. The van der Waals surface area contributed by atoms with Gasteiger partial charge in [-0.3, -0.25) is 9.59 Å². The lowest BCUT2D eigenvalue weighted by atomic mass is 9.90. The smallest absolute Gasteiger partial charge is 0.305 e. The Morgan fingerprint density at radius 2 is 2.08 bits per heavy atom. The van der Waals surface area contributed by atoms with Gasteiger partial charge < -0.3 is 14.9 Å². The van der Waals surface area contributed by atoms with Crippen LogP contribution in [0.5, 0.6) is 0 Å². The van der Waals surface area contributed by atoms with Crippen LogP contribution in [0, 0.1) is 11.8 Å². The van der Waals surface area contributed by atoms with Gasteiger partial charge in [0.1, 0.15) is 5.78 Å². The fourth-order valence-electron chi connectivity index (χ4n) is 3.10. The van der Waals surface area contributed by atoms with Crippen molar-refractivity contribution in [3.05, 3.63) is 36.5 Å². The Kier molecular flexibility index (Phi) is 10.8. The summed E-state index contributed by atoms with van der Waals surface area (Å²) in [7, 11) is 1.38. The van der Waals surface area contributed by atoms with E-state index in [4.69, 9.17) is 0 Å². The average Bonchev–Trinajstić information content (AvgIpc) is 2.89. The summed E-state index contributed by atoms with van der Waals surface area (Å²) in [5, 5.41) is 19.9. The third kappa shape index (κ3) is 8.11. The summed E-state index contributed by atoms with van der Waals surface area (Å²) < 4.78 is 4.59. The van der Waals surface area contributed by atoms with E-state index in [1.54, 1.807) is 6.08 Å². The number of esters is 1. The first-order valence-corrected chi connectivity index (χ1v) is 9.43. The Hall–Kier alpha value is -1.72. The molecular formula is C21H32O5. The highest BCUT2D eigenvalue weighted by Crippen LogP contribution is 2.33. The minimum Gasteiger partial charge on any atom is -0.469 e. The van der Waals surface area contributed by atoms with Crippen LogP contribution in [0.2, 0.25) is 0 Å². The van der Waals surface area contributed by atoms with Gasteiger partial charge in [0.15, 0.2) is 0 Å². The van der Waals surface area contributed by atoms with Gasteiger partial charge in [0.05, 0.1) is 19.3 Å². The van der Waals surface area contributed by atoms with Crippen molar-refractivity contribution in [2.75, 3.05) is 7.11 Å². The number of hydrogen-bond donors (Lipinski definition) is 2. The summed E-state index contributed by atoms with van der Waals surface area (Å²) >= 11 is 0. The van der Waals surface area contributed by atoms with Gasteiger partial charge >= 0.3 is 5.97 Å². The van der Waals surface area contributed by atoms with Crippen LogP contribution in [0.1, 0.15) is 51.9 Å². The molecule has 4 atom stereocenters. The SMILES string of the molecule is CC/C=C/C(O)C/C=C/[C@H]1[C@H](O)CC(=O)[C@@H]1C/C=C\CCCC(=O)OC. The number of ketones is 1. The van der Waals surface area contributed by atoms with Crippen LogP contribution in [0.25, 0.3) is 0 Å². The van der Waals surface area contributed by atoms with Crippen LogP contribution in [0.15, 0.2) is 36.5 Å². The summed E-state index contributed by atoms with van der Waals surface area (Å²) in [6.45, 7) is 2.01. The monoisotopic (exact) mass is 364 g/mol. The number of carbonyl (C=O) groups is 2. The average molecular weight is 364 g/mol. The highest BCUT2D eigenvalue weighted by atomic mass is 16.5. The first kappa shape index (κ1) is 22.3. The van der Waals surface area contributed by atoms with Gasteiger partial charge in [-0.2, -0.15) is 0 Å². The number of methoxy groups -OCH3 is 1. The molecule has 0 aromatic rings. The van der Waals surface area contributed by atoms with Gasteiger partial charge in [0.25, 0.3) is 0 Å². The van der Waals surface area contributed by atoms with Crippen molar-refractivity contribution in [3.8, 4) is 0 Å². The molecule has 5 nitrogen and oxygen atoms in total. The molecule has 0 amide bonds. The highest BCUT2D eigenvalue weighted by molar-refractivity contribution is 5.84. The molecule has 0 aliphatic heterocycles. The molecule has 0 heterocycles. The molecule has 1 aliphatic carbocycles. The topological polar surface area (TPSA) is 83.8 Å². The number of aliphatic hydroxyl groups is 2. The zero-order valence-corrected chi connectivity index (χ0v) is 15.8. The molecule has 1 unspecified atom stereocenters. The molecule has 0 aromatic heterocycles. The normalized spacial score (nSPS) is 24.9. The summed E-state index contributed by atoms with van der Waals surface area (Å²) in [6.07, 6.45) is 14.1. The van der Waals surface area contributed by atoms with E-state index in [-0.39, 0.29) is 30.0 Å². The Labute approximate surface area is 156 Å². The first-order valence-electron chi connectivity index (χ1n) is 9.43. The van der Waals surface area contributed by atoms with Gasteiger partial charge in [0.2, 0.25) is 0 Å². The number of Topliss-reactive ketones (excluding diaryl/α,β-unsaturated/α-hetero) is 1. The lowest BCUT2D eigenvalue weighted by Gasteiger charge is -2.16. The predicted molar refractivity (Wildman–Crippen MR) is 101 cm³/mol. The number of rotatable bonds is 11. The van der Waals surface area contributed by atoms with Crippen molar-refractivity contribution in [1.82, 2.24) is 0 Å². The third-order valence-corrected chi connectivity index (χ3v) is 4.60. The molecule has 0 radical (unpaired) electrons. The molecule has 1 rings (SSSR count). The zero-order valence-electron chi connectivity index (χ0n) is 15.8. The second-order valence-corrected chi connectivity index (χ2v) is 6.66. The number of unbranched alkanes of at least 4 members (excludes halogenated alkanes) is 1. The fraction of sp³-hybridized carbons (Fsp3) is 0.619. The molecule has 2 N–H and O–H groups in total. The lowest BCUT2D eigenvalue weighted by Crippen LogP contribution is -2.18. The van der Waals surface area contributed by atoms with Crippen molar-refractivity contribution in [2.24, 2.45) is 11.8 Å². The number of carbonyl (C=O) groups excluding carboxylic acids is 2. The maximum atomic E-state index is 12.1. The molecule has 26 heavy (non-hydrogen) atoms. The standard InChI is InChI=1S/C21H32O5/c1-3-4-10-16(22)11-9-13-18-17(19(23)15-20(18)24)12-7-5-6-8-14-21(25)26-2/h4-5,7,9-10,13,16-18,20,22,24H,3,6,8,11-12,14-15H2,1-2H3/b7-5-,10-4+,13-9+/t16?,17-,18-,20-/m1/s1. The van der Waals surface area contributed by atoms with E-state index in [9.17, 15) is 19.8 Å². The Balaban J connectivity index is 2.47. The summed E-state index contributed by atoms with van der Waals surface area (Å²) in [5.74, 6) is -0.558. The van der Waals surface area contributed by atoms with E-state index < -0.39 is 12.2 Å². The molecule has 0 saturated heterocycles. The van der Waals surface area contributed by atoms with Gasteiger partial charge in [-0.05, 0) is 32.1 Å². The van der Waals surface area contributed by atoms with Gasteiger partial charge in [0, 0.05) is 24.7 Å². The van der Waals surface area contributed by atoms with Crippen LogP contribution in [-0.4, -0.2) is 41.3 Å². The lowest BCUT2D eigenvalue weighted by molar-refractivity contribution is -0.140. The Morgan fingerprint density at radius 1 is 1.31 bits per heavy atom. The number of ether oxygens (including phenoxy) is 1. The van der Waals surface area contributed by atoms with E-state index in [2.05, 4.69) is 4.74 Å². The van der Waals surface area contributed by atoms with Crippen LogP contribution in [0.4, 0.5) is 0 Å². The Bertz CT molecular complexity index is 520. The largest absolute Gasteiger partial charge is 0.469 e. The molecule has 1 saturated carbocycles. The first-order chi connectivity index (χ1) is 12.5. The summed E-state index contributed by atoms with van der Waals surface area (Å²) in [4.78, 5) is 23.2. The van der Waals surface area contributed by atoms with E-state index in [0.29, 0.717) is 19.3 Å². The number of hydrogen-bond acceptors (Lipinski definition) is 5. The molecule has 1 fully saturated rings.